The number of benzene rings is 1. The van der Waals surface area contributed by atoms with Crippen LogP contribution in [0.3, 0.4) is 0 Å². The van der Waals surface area contributed by atoms with Crippen LogP contribution in [-0.2, 0) is 0 Å². The molecule has 2 atom stereocenters. The van der Waals surface area contributed by atoms with E-state index >= 15 is 0 Å². The molecule has 3 heteroatoms. The maximum Gasteiger partial charge on any atom is 0.0505 e. The molecule has 0 radical (unpaired) electrons. The van der Waals surface area contributed by atoms with Gasteiger partial charge in [-0.25, -0.2) is 0 Å². The molecule has 2 nitrogen and oxygen atoms in total. The number of halogens is 1. The highest BCUT2D eigenvalue weighted by atomic mass is 79.9. The molecule has 1 fully saturated rings. The fourth-order valence-corrected chi connectivity index (χ4v) is 2.24. The molecule has 0 amide bonds. The number of hydrogen-bond acceptors (Lipinski definition) is 2. The van der Waals surface area contributed by atoms with Gasteiger partial charge in [-0.1, -0.05) is 28.1 Å². The third-order valence-electron chi connectivity index (χ3n) is 3.18. The minimum atomic E-state index is -0.0339. The van der Waals surface area contributed by atoms with E-state index in [0.29, 0.717) is 12.5 Å². The molecule has 0 unspecified atom stereocenters. The average Bonchev–Trinajstić information content (AvgIpc) is 2.94. The van der Waals surface area contributed by atoms with Gasteiger partial charge in [0.1, 0.15) is 0 Å². The van der Waals surface area contributed by atoms with E-state index in [0.717, 1.165) is 10.9 Å². The number of rotatable bonds is 3. The first-order valence-corrected chi connectivity index (χ1v) is 5.57. The van der Waals surface area contributed by atoms with Crippen molar-refractivity contribution in [1.29, 1.82) is 0 Å². The van der Waals surface area contributed by atoms with Gasteiger partial charge in [-0.3, -0.25) is 0 Å². The Morgan fingerprint density at radius 3 is 2.50 bits per heavy atom. The first-order valence-electron chi connectivity index (χ1n) is 4.78. The topological polar surface area (TPSA) is 46.2 Å². The molecule has 14 heavy (non-hydrogen) atoms. The zero-order chi connectivity index (χ0) is 10.2. The molecule has 1 aromatic rings. The Kier molecular flexibility index (Phi) is 2.64. The third kappa shape index (κ3) is 1.60. The summed E-state index contributed by atoms with van der Waals surface area (Å²) < 4.78 is 1.09. The van der Waals surface area contributed by atoms with Crippen LogP contribution in [0.25, 0.3) is 0 Å². The average molecular weight is 256 g/mol. The van der Waals surface area contributed by atoms with Gasteiger partial charge in [0.05, 0.1) is 6.61 Å². The molecule has 0 aromatic heterocycles. The lowest BCUT2D eigenvalue weighted by atomic mass is 10.0. The number of aliphatic hydroxyl groups excluding tert-OH is 1. The number of aliphatic hydroxyl groups is 1. The highest BCUT2D eigenvalue weighted by Gasteiger charge is 2.53. The maximum absolute atomic E-state index is 9.25. The highest BCUT2D eigenvalue weighted by Crippen LogP contribution is 2.58. The van der Waals surface area contributed by atoms with Crippen LogP contribution in [0.15, 0.2) is 28.7 Å². The Morgan fingerprint density at radius 2 is 2.07 bits per heavy atom. The summed E-state index contributed by atoms with van der Waals surface area (Å²) in [6.07, 6.45) is 1.02. The first kappa shape index (κ1) is 10.1. The van der Waals surface area contributed by atoms with Crippen LogP contribution in [0, 0.1) is 5.41 Å². The molecule has 0 bridgehead atoms. The van der Waals surface area contributed by atoms with Gasteiger partial charge in [-0.2, -0.15) is 0 Å². The molecule has 2 rings (SSSR count). The van der Waals surface area contributed by atoms with Gasteiger partial charge in [0.25, 0.3) is 0 Å². The van der Waals surface area contributed by atoms with Gasteiger partial charge in [-0.15, -0.1) is 0 Å². The molecule has 0 heterocycles. The SMILES string of the molecule is NC[C@@]1(CO)C[C@H]1c1ccc(Br)cc1. The van der Waals surface area contributed by atoms with Crippen LogP contribution in [0.4, 0.5) is 0 Å². The second kappa shape index (κ2) is 3.65. The summed E-state index contributed by atoms with van der Waals surface area (Å²) in [5.41, 5.74) is 6.92. The molecular formula is C11H14BrNO. The lowest BCUT2D eigenvalue weighted by molar-refractivity contribution is 0.211. The zero-order valence-electron chi connectivity index (χ0n) is 7.91. The first-order chi connectivity index (χ1) is 6.72. The summed E-state index contributed by atoms with van der Waals surface area (Å²) >= 11 is 3.40. The Morgan fingerprint density at radius 1 is 1.43 bits per heavy atom. The number of nitrogens with two attached hydrogens (primary N) is 1. The largest absolute Gasteiger partial charge is 0.396 e. The summed E-state index contributed by atoms with van der Waals surface area (Å²) in [5.74, 6) is 0.450. The molecule has 1 saturated carbocycles. The molecule has 76 valence electrons. The minimum absolute atomic E-state index is 0.0339. The van der Waals surface area contributed by atoms with E-state index in [1.54, 1.807) is 0 Å². The van der Waals surface area contributed by atoms with Crippen molar-refractivity contribution in [2.45, 2.75) is 12.3 Å². The van der Waals surface area contributed by atoms with Crippen molar-refractivity contribution >= 4 is 15.9 Å². The smallest absolute Gasteiger partial charge is 0.0505 e. The van der Waals surface area contributed by atoms with Crippen molar-refractivity contribution in [2.75, 3.05) is 13.2 Å². The summed E-state index contributed by atoms with van der Waals surface area (Å²) in [6.45, 7) is 0.772. The lowest BCUT2D eigenvalue weighted by Gasteiger charge is -2.10. The van der Waals surface area contributed by atoms with Crippen LogP contribution in [0.1, 0.15) is 17.9 Å². The van der Waals surface area contributed by atoms with E-state index in [-0.39, 0.29) is 12.0 Å². The molecule has 1 aromatic carbocycles. The van der Waals surface area contributed by atoms with E-state index in [1.165, 1.54) is 5.56 Å². The van der Waals surface area contributed by atoms with Gasteiger partial charge in [-0.05, 0) is 30.0 Å². The summed E-state index contributed by atoms with van der Waals surface area (Å²) in [4.78, 5) is 0. The molecule has 1 aliphatic carbocycles. The van der Waals surface area contributed by atoms with Crippen LogP contribution < -0.4 is 5.73 Å². The second-order valence-electron chi connectivity index (χ2n) is 4.03. The summed E-state index contributed by atoms with van der Waals surface area (Å²) in [5, 5.41) is 9.25. The number of hydrogen-bond donors (Lipinski definition) is 2. The van der Waals surface area contributed by atoms with Crippen molar-refractivity contribution in [3.05, 3.63) is 34.3 Å². The normalized spacial score (nSPS) is 30.4. The highest BCUT2D eigenvalue weighted by molar-refractivity contribution is 9.10. The Labute approximate surface area is 92.3 Å². The molecular weight excluding hydrogens is 242 g/mol. The van der Waals surface area contributed by atoms with Crippen molar-refractivity contribution in [3.63, 3.8) is 0 Å². The van der Waals surface area contributed by atoms with E-state index < -0.39 is 0 Å². The van der Waals surface area contributed by atoms with Crippen LogP contribution in [0.2, 0.25) is 0 Å². The monoisotopic (exact) mass is 255 g/mol. The van der Waals surface area contributed by atoms with Gasteiger partial charge in [0, 0.05) is 16.4 Å². The molecule has 1 aliphatic rings. The predicted molar refractivity (Wildman–Crippen MR) is 60.1 cm³/mol. The molecule has 0 saturated heterocycles. The molecule has 3 N–H and O–H groups in total. The van der Waals surface area contributed by atoms with Gasteiger partial charge >= 0.3 is 0 Å². The molecule has 0 aliphatic heterocycles. The summed E-state index contributed by atoms with van der Waals surface area (Å²) in [6, 6.07) is 8.27. The van der Waals surface area contributed by atoms with Crippen molar-refractivity contribution < 1.29 is 5.11 Å². The van der Waals surface area contributed by atoms with E-state index in [2.05, 4.69) is 28.1 Å². The van der Waals surface area contributed by atoms with Gasteiger partial charge in [0.2, 0.25) is 0 Å². The van der Waals surface area contributed by atoms with Crippen molar-refractivity contribution in [1.82, 2.24) is 0 Å². The fraction of sp³-hybridized carbons (Fsp3) is 0.455. The standard InChI is InChI=1S/C11H14BrNO/c12-9-3-1-8(2-4-9)10-5-11(10,6-13)7-14/h1-4,10,14H,5-7,13H2/t10-,11+/m0/s1. The zero-order valence-corrected chi connectivity index (χ0v) is 9.50. The Hall–Kier alpha value is -0.380. The van der Waals surface area contributed by atoms with Crippen molar-refractivity contribution in [3.8, 4) is 0 Å². The van der Waals surface area contributed by atoms with Crippen LogP contribution in [-0.4, -0.2) is 18.3 Å². The van der Waals surface area contributed by atoms with E-state index in [1.807, 2.05) is 12.1 Å². The Balaban J connectivity index is 2.16. The van der Waals surface area contributed by atoms with Crippen LogP contribution >= 0.6 is 15.9 Å². The maximum atomic E-state index is 9.25. The summed E-state index contributed by atoms with van der Waals surface area (Å²) in [7, 11) is 0. The van der Waals surface area contributed by atoms with E-state index in [4.69, 9.17) is 5.73 Å². The van der Waals surface area contributed by atoms with E-state index in [9.17, 15) is 5.11 Å². The Bertz CT molecular complexity index is 319. The lowest BCUT2D eigenvalue weighted by Crippen LogP contribution is -2.21. The second-order valence-corrected chi connectivity index (χ2v) is 4.95. The van der Waals surface area contributed by atoms with Crippen molar-refractivity contribution in [2.24, 2.45) is 11.1 Å². The fourth-order valence-electron chi connectivity index (χ4n) is 1.98. The molecule has 0 spiro atoms. The van der Waals surface area contributed by atoms with Crippen LogP contribution in [0.5, 0.6) is 0 Å². The third-order valence-corrected chi connectivity index (χ3v) is 3.71. The minimum Gasteiger partial charge on any atom is -0.396 e. The predicted octanol–water partition coefficient (Wildman–Crippen LogP) is 1.87. The quantitative estimate of drug-likeness (QED) is 0.867. The van der Waals surface area contributed by atoms with Gasteiger partial charge < -0.3 is 10.8 Å². The van der Waals surface area contributed by atoms with Gasteiger partial charge in [0.15, 0.2) is 0 Å².